The van der Waals surface area contributed by atoms with Crippen molar-refractivity contribution in [3.05, 3.63) is 53.6 Å². The third kappa shape index (κ3) is 4.19. The molecular weight excluding hydrogens is 416 g/mol. The minimum absolute atomic E-state index is 0.0119. The molecule has 1 aliphatic rings. The molecule has 0 saturated carbocycles. The number of carbonyl (C=O) groups is 2. The third-order valence-corrected chi connectivity index (χ3v) is 6.68. The molecule has 10 heteroatoms. The highest BCUT2D eigenvalue weighted by molar-refractivity contribution is 7.89. The topological polar surface area (TPSA) is 86.8 Å². The number of hydrogen-bond donors (Lipinski definition) is 1. The molecule has 0 saturated heterocycles. The van der Waals surface area contributed by atoms with E-state index < -0.39 is 34.1 Å². The van der Waals surface area contributed by atoms with Gasteiger partial charge in [0, 0.05) is 31.8 Å². The van der Waals surface area contributed by atoms with Gasteiger partial charge in [-0.15, -0.1) is 0 Å². The van der Waals surface area contributed by atoms with E-state index in [2.05, 4.69) is 5.32 Å². The van der Waals surface area contributed by atoms with Gasteiger partial charge in [-0.05, 0) is 49.2 Å². The van der Waals surface area contributed by atoms with Gasteiger partial charge in [0.1, 0.15) is 11.6 Å². The maximum atomic E-state index is 13.7. The van der Waals surface area contributed by atoms with Crippen LogP contribution in [0.2, 0.25) is 0 Å². The Morgan fingerprint density at radius 2 is 1.90 bits per heavy atom. The Labute approximate surface area is 173 Å². The van der Waals surface area contributed by atoms with E-state index in [4.69, 9.17) is 0 Å². The summed E-state index contributed by atoms with van der Waals surface area (Å²) < 4.78 is 53.2. The number of nitrogens with one attached hydrogen (secondary N) is 1. The highest BCUT2D eigenvalue weighted by Crippen LogP contribution is 2.34. The van der Waals surface area contributed by atoms with Gasteiger partial charge in [0.25, 0.3) is 0 Å². The molecule has 7 nitrogen and oxygen atoms in total. The Morgan fingerprint density at radius 1 is 1.20 bits per heavy atom. The van der Waals surface area contributed by atoms with E-state index in [0.29, 0.717) is 18.2 Å². The number of amides is 2. The number of rotatable bonds is 5. The fourth-order valence-electron chi connectivity index (χ4n) is 3.50. The first-order valence-electron chi connectivity index (χ1n) is 9.14. The van der Waals surface area contributed by atoms with Crippen LogP contribution in [-0.2, 0) is 26.0 Å². The number of likely N-dealkylation sites (N-methyl/N-ethyl adjacent to an activating group) is 1. The number of halogens is 2. The van der Waals surface area contributed by atoms with E-state index in [1.165, 1.54) is 26.1 Å². The van der Waals surface area contributed by atoms with E-state index in [1.807, 2.05) is 6.92 Å². The van der Waals surface area contributed by atoms with E-state index in [9.17, 15) is 26.8 Å². The number of hydrogen-bond acceptors (Lipinski definition) is 4. The minimum Gasteiger partial charge on any atom is -0.322 e. The number of sulfonamides is 1. The molecule has 1 unspecified atom stereocenters. The maximum absolute atomic E-state index is 13.7. The first-order chi connectivity index (χ1) is 14.0. The molecule has 1 atom stereocenters. The van der Waals surface area contributed by atoms with Crippen LogP contribution in [0.4, 0.5) is 20.2 Å². The molecule has 2 aromatic carbocycles. The second-order valence-electron chi connectivity index (χ2n) is 7.17. The summed E-state index contributed by atoms with van der Waals surface area (Å²) in [6.07, 6.45) is 0.520. The molecule has 0 fully saturated rings. The standard InChI is InChI=1S/C20H21F2N3O4S/c1-12-8-14-9-16(5-7-19(14)25(12)13(2)26)30(28,29)24(3)11-20(27)23-18-6-4-15(21)10-17(18)22/h4-7,9-10,12H,8,11H2,1-3H3,(H,23,27). The van der Waals surface area contributed by atoms with Gasteiger partial charge < -0.3 is 10.2 Å². The molecule has 3 rings (SSSR count). The Bertz CT molecular complexity index is 1120. The number of benzene rings is 2. The lowest BCUT2D eigenvalue weighted by molar-refractivity contribution is -0.117. The molecule has 1 heterocycles. The number of fused-ring (bicyclic) bond motifs is 1. The van der Waals surface area contributed by atoms with Gasteiger partial charge in [0.15, 0.2) is 0 Å². The fraction of sp³-hybridized carbons (Fsp3) is 0.300. The lowest BCUT2D eigenvalue weighted by Gasteiger charge is -2.21. The van der Waals surface area contributed by atoms with E-state index in [-0.39, 0.29) is 22.5 Å². The van der Waals surface area contributed by atoms with Gasteiger partial charge in [-0.1, -0.05) is 0 Å². The Kier molecular flexibility index (Phi) is 5.91. The van der Waals surface area contributed by atoms with Crippen molar-refractivity contribution in [3.8, 4) is 0 Å². The molecule has 0 radical (unpaired) electrons. The van der Waals surface area contributed by atoms with Crippen molar-refractivity contribution in [1.82, 2.24) is 4.31 Å². The molecule has 0 aliphatic carbocycles. The smallest absolute Gasteiger partial charge is 0.243 e. The monoisotopic (exact) mass is 437 g/mol. The van der Waals surface area contributed by atoms with E-state index in [1.54, 1.807) is 11.0 Å². The van der Waals surface area contributed by atoms with Crippen molar-refractivity contribution in [2.45, 2.75) is 31.2 Å². The van der Waals surface area contributed by atoms with Gasteiger partial charge in [-0.2, -0.15) is 4.31 Å². The van der Waals surface area contributed by atoms with Crippen molar-refractivity contribution in [1.29, 1.82) is 0 Å². The molecular formula is C20H21F2N3O4S. The van der Waals surface area contributed by atoms with Crippen molar-refractivity contribution in [3.63, 3.8) is 0 Å². The molecule has 0 spiro atoms. The van der Waals surface area contributed by atoms with Gasteiger partial charge in [-0.25, -0.2) is 17.2 Å². The first kappa shape index (κ1) is 21.8. The predicted octanol–water partition coefficient (Wildman–Crippen LogP) is 2.52. The Morgan fingerprint density at radius 3 is 2.53 bits per heavy atom. The second kappa shape index (κ2) is 8.11. The molecule has 1 N–H and O–H groups in total. The van der Waals surface area contributed by atoms with Crippen LogP contribution in [-0.4, -0.2) is 44.2 Å². The number of carbonyl (C=O) groups excluding carboxylic acids is 2. The highest BCUT2D eigenvalue weighted by Gasteiger charge is 2.31. The molecule has 2 amide bonds. The Hall–Kier alpha value is -2.85. The van der Waals surface area contributed by atoms with Gasteiger partial charge in [0.2, 0.25) is 21.8 Å². The maximum Gasteiger partial charge on any atom is 0.243 e. The normalized spacial score (nSPS) is 15.9. The van der Waals surface area contributed by atoms with Gasteiger partial charge >= 0.3 is 0 Å². The van der Waals surface area contributed by atoms with Crippen LogP contribution < -0.4 is 10.2 Å². The summed E-state index contributed by atoms with van der Waals surface area (Å²) in [5, 5.41) is 2.23. The van der Waals surface area contributed by atoms with Crippen molar-refractivity contribution < 1.29 is 26.8 Å². The summed E-state index contributed by atoms with van der Waals surface area (Å²) >= 11 is 0. The van der Waals surface area contributed by atoms with Crippen LogP contribution in [0.15, 0.2) is 41.3 Å². The molecule has 160 valence electrons. The summed E-state index contributed by atoms with van der Waals surface area (Å²) in [6.45, 7) is 2.76. The summed E-state index contributed by atoms with van der Waals surface area (Å²) in [4.78, 5) is 25.6. The van der Waals surface area contributed by atoms with Crippen LogP contribution in [0.3, 0.4) is 0 Å². The molecule has 30 heavy (non-hydrogen) atoms. The Balaban J connectivity index is 1.76. The largest absolute Gasteiger partial charge is 0.322 e. The molecule has 0 bridgehead atoms. The summed E-state index contributed by atoms with van der Waals surface area (Å²) in [7, 11) is -2.77. The summed E-state index contributed by atoms with van der Waals surface area (Å²) in [5.41, 5.74) is 1.15. The van der Waals surface area contributed by atoms with Crippen LogP contribution >= 0.6 is 0 Å². The van der Waals surface area contributed by atoms with Crippen LogP contribution in [0.1, 0.15) is 19.4 Å². The average Bonchev–Trinajstić information content (AvgIpc) is 2.98. The van der Waals surface area contributed by atoms with Crippen molar-refractivity contribution in [2.24, 2.45) is 0 Å². The SMILES string of the molecule is CC(=O)N1c2ccc(S(=O)(=O)N(C)CC(=O)Nc3ccc(F)cc3F)cc2CC1C. The first-order valence-corrected chi connectivity index (χ1v) is 10.6. The summed E-state index contributed by atoms with van der Waals surface area (Å²) in [5.74, 6) is -2.65. The van der Waals surface area contributed by atoms with Gasteiger partial charge in [-0.3, -0.25) is 9.59 Å². The predicted molar refractivity (Wildman–Crippen MR) is 108 cm³/mol. The zero-order chi connectivity index (χ0) is 22.2. The quantitative estimate of drug-likeness (QED) is 0.779. The van der Waals surface area contributed by atoms with E-state index in [0.717, 1.165) is 22.0 Å². The molecule has 1 aliphatic heterocycles. The van der Waals surface area contributed by atoms with E-state index >= 15 is 0 Å². The van der Waals surface area contributed by atoms with Crippen LogP contribution in [0, 0.1) is 11.6 Å². The number of nitrogens with zero attached hydrogens (tertiary/aromatic N) is 2. The lowest BCUT2D eigenvalue weighted by atomic mass is 10.1. The third-order valence-electron chi connectivity index (χ3n) is 4.89. The zero-order valence-corrected chi connectivity index (χ0v) is 17.5. The second-order valence-corrected chi connectivity index (χ2v) is 9.21. The number of anilines is 2. The summed E-state index contributed by atoms with van der Waals surface area (Å²) in [6, 6.07) is 7.04. The minimum atomic E-state index is -4.00. The molecule has 2 aromatic rings. The van der Waals surface area contributed by atoms with Crippen molar-refractivity contribution >= 4 is 33.2 Å². The van der Waals surface area contributed by atoms with Crippen molar-refractivity contribution in [2.75, 3.05) is 23.8 Å². The van der Waals surface area contributed by atoms with Crippen LogP contribution in [0.5, 0.6) is 0 Å². The zero-order valence-electron chi connectivity index (χ0n) is 16.6. The van der Waals surface area contributed by atoms with Gasteiger partial charge in [0.05, 0.1) is 17.1 Å². The average molecular weight is 437 g/mol. The van der Waals surface area contributed by atoms with Crippen LogP contribution in [0.25, 0.3) is 0 Å². The lowest BCUT2D eigenvalue weighted by Crippen LogP contribution is -2.35. The molecule has 0 aromatic heterocycles. The highest BCUT2D eigenvalue weighted by atomic mass is 32.2. The fourth-order valence-corrected chi connectivity index (χ4v) is 4.67.